The number of hydrogen-bond acceptors (Lipinski definition) is 15. The van der Waals surface area contributed by atoms with Gasteiger partial charge < -0.3 is 33.8 Å². The number of ether oxygens (including phenoxy) is 4. The Morgan fingerprint density at radius 2 is 0.418 bits per heavy atom. The molecule has 0 aliphatic rings. The molecule has 110 heavy (non-hydrogen) atoms. The lowest BCUT2D eigenvalue weighted by atomic mass is 10.0. The third-order valence-corrected chi connectivity index (χ3v) is 23.3. The van der Waals surface area contributed by atoms with E-state index in [9.17, 15) is 43.2 Å². The maximum atomic E-state index is 13.2. The zero-order valence-electron chi connectivity index (χ0n) is 72.7. The van der Waals surface area contributed by atoms with Crippen molar-refractivity contribution in [3.05, 3.63) is 0 Å². The lowest BCUT2D eigenvalue weighted by molar-refractivity contribution is -0.161. The van der Waals surface area contributed by atoms with Gasteiger partial charge in [0, 0.05) is 25.7 Å². The van der Waals surface area contributed by atoms with Crippen LogP contribution in [-0.4, -0.2) is 96.7 Å². The molecule has 0 radical (unpaired) electrons. The van der Waals surface area contributed by atoms with Gasteiger partial charge in [-0.2, -0.15) is 0 Å². The highest BCUT2D eigenvalue weighted by atomic mass is 31.2. The van der Waals surface area contributed by atoms with Crippen molar-refractivity contribution in [3.63, 3.8) is 0 Å². The van der Waals surface area contributed by atoms with Crippen LogP contribution < -0.4 is 0 Å². The number of phosphoric ester groups is 2. The summed E-state index contributed by atoms with van der Waals surface area (Å²) in [5, 5.41) is 10.7. The van der Waals surface area contributed by atoms with Crippen LogP contribution in [-0.2, 0) is 65.4 Å². The molecule has 0 saturated carbocycles. The summed E-state index contributed by atoms with van der Waals surface area (Å²) in [7, 11) is -9.94. The van der Waals surface area contributed by atoms with Gasteiger partial charge in [0.25, 0.3) is 0 Å². The van der Waals surface area contributed by atoms with E-state index in [-0.39, 0.29) is 25.7 Å². The number of hydrogen-bond donors (Lipinski definition) is 3. The van der Waals surface area contributed by atoms with Crippen LogP contribution in [0, 0.1) is 17.8 Å². The Bertz CT molecular complexity index is 2110. The number of aliphatic hydroxyl groups is 1. The van der Waals surface area contributed by atoms with Gasteiger partial charge in [0.05, 0.1) is 26.4 Å². The Hall–Kier alpha value is -1.94. The number of carbonyl (C=O) groups excluding carboxylic acids is 4. The van der Waals surface area contributed by atoms with Crippen LogP contribution in [0.4, 0.5) is 0 Å². The molecule has 19 heteroatoms. The molecule has 0 bridgehead atoms. The SMILES string of the molecule is CCCCCCCCCCCCCCCCCCC(=O)O[C@H](COC(=O)CCCCCCCCCCCC(C)C)COP(=O)(O)OC[C@H](O)COP(=O)(O)OC[C@@H](COC(=O)CCCCCCCCCCCCCCCCCCCCC(C)C)OC(=O)CCCCCCCCCCCCCCCCCCCCC(C)C. The summed E-state index contributed by atoms with van der Waals surface area (Å²) in [4.78, 5) is 73.4. The number of unbranched alkanes of at least 4 members (excludes halogenated alkanes) is 57. The van der Waals surface area contributed by atoms with E-state index >= 15 is 0 Å². The molecule has 0 aromatic rings. The van der Waals surface area contributed by atoms with E-state index < -0.39 is 97.5 Å². The summed E-state index contributed by atoms with van der Waals surface area (Å²) in [6.07, 6.45) is 73.7. The Balaban J connectivity index is 5.24. The second-order valence-corrected chi connectivity index (χ2v) is 37.0. The predicted octanol–water partition coefficient (Wildman–Crippen LogP) is 28.0. The monoisotopic (exact) mass is 1610 g/mol. The first-order valence-electron chi connectivity index (χ1n) is 46.8. The van der Waals surface area contributed by atoms with E-state index in [2.05, 4.69) is 48.5 Å². The predicted molar refractivity (Wildman–Crippen MR) is 455 cm³/mol. The molecule has 0 aliphatic heterocycles. The Kier molecular flexibility index (Phi) is 79.4. The largest absolute Gasteiger partial charge is 0.472 e. The second kappa shape index (κ2) is 80.8. The lowest BCUT2D eigenvalue weighted by Crippen LogP contribution is -2.30. The highest BCUT2D eigenvalue weighted by Crippen LogP contribution is 2.45. The minimum atomic E-state index is -4.97. The highest BCUT2D eigenvalue weighted by Gasteiger charge is 2.31. The number of carbonyl (C=O) groups is 4. The fourth-order valence-electron chi connectivity index (χ4n) is 14.3. The summed E-state index contributed by atoms with van der Waals surface area (Å²) in [6, 6.07) is 0. The van der Waals surface area contributed by atoms with E-state index in [1.807, 2.05) is 0 Å². The number of phosphoric acid groups is 2. The van der Waals surface area contributed by atoms with Gasteiger partial charge in [-0.1, -0.05) is 434 Å². The van der Waals surface area contributed by atoms with Crippen molar-refractivity contribution in [1.82, 2.24) is 0 Å². The first-order valence-corrected chi connectivity index (χ1v) is 49.8. The van der Waals surface area contributed by atoms with Crippen molar-refractivity contribution in [1.29, 1.82) is 0 Å². The molecule has 17 nitrogen and oxygen atoms in total. The van der Waals surface area contributed by atoms with E-state index in [4.69, 9.17) is 37.0 Å². The minimum absolute atomic E-state index is 0.108. The summed E-state index contributed by atoms with van der Waals surface area (Å²) < 4.78 is 69.1. The first kappa shape index (κ1) is 108. The maximum Gasteiger partial charge on any atom is 0.472 e. The van der Waals surface area contributed by atoms with Gasteiger partial charge in [0.2, 0.25) is 0 Å². The zero-order chi connectivity index (χ0) is 80.8. The molecule has 0 aliphatic carbocycles. The van der Waals surface area contributed by atoms with Crippen molar-refractivity contribution in [3.8, 4) is 0 Å². The van der Waals surface area contributed by atoms with Gasteiger partial charge in [-0.3, -0.25) is 37.3 Å². The number of esters is 4. The molecule has 2 unspecified atom stereocenters. The van der Waals surface area contributed by atoms with Gasteiger partial charge in [0.1, 0.15) is 19.3 Å². The molecule has 0 spiro atoms. The van der Waals surface area contributed by atoms with Crippen LogP contribution in [0.5, 0.6) is 0 Å². The molecule has 0 heterocycles. The molecule has 0 saturated heterocycles. The molecule has 654 valence electrons. The second-order valence-electron chi connectivity index (χ2n) is 34.1. The van der Waals surface area contributed by atoms with Gasteiger partial charge >= 0.3 is 39.5 Å². The first-order chi connectivity index (χ1) is 53.2. The van der Waals surface area contributed by atoms with Gasteiger partial charge in [0.15, 0.2) is 12.2 Å². The van der Waals surface area contributed by atoms with Gasteiger partial charge in [-0.15, -0.1) is 0 Å². The molecular weight excluding hydrogens is 1430 g/mol. The quantitative estimate of drug-likeness (QED) is 0.0222. The van der Waals surface area contributed by atoms with Crippen LogP contribution in [0.2, 0.25) is 0 Å². The lowest BCUT2D eigenvalue weighted by Gasteiger charge is -2.21. The Morgan fingerprint density at radius 3 is 0.618 bits per heavy atom. The fourth-order valence-corrected chi connectivity index (χ4v) is 15.8. The Labute approximate surface area is 677 Å². The Morgan fingerprint density at radius 1 is 0.245 bits per heavy atom. The van der Waals surface area contributed by atoms with Gasteiger partial charge in [-0.05, 0) is 43.4 Å². The van der Waals surface area contributed by atoms with E-state index in [0.29, 0.717) is 25.7 Å². The van der Waals surface area contributed by atoms with E-state index in [1.54, 1.807) is 0 Å². The van der Waals surface area contributed by atoms with Crippen molar-refractivity contribution in [2.24, 2.45) is 17.8 Å². The van der Waals surface area contributed by atoms with Crippen molar-refractivity contribution in [2.75, 3.05) is 39.6 Å². The summed E-state index contributed by atoms with van der Waals surface area (Å²) in [5.74, 6) is 0.290. The topological polar surface area (TPSA) is 237 Å². The van der Waals surface area contributed by atoms with Gasteiger partial charge in [-0.25, -0.2) is 9.13 Å². The van der Waals surface area contributed by atoms with Crippen LogP contribution in [0.25, 0.3) is 0 Å². The third kappa shape index (κ3) is 84.0. The highest BCUT2D eigenvalue weighted by molar-refractivity contribution is 7.47. The average Bonchev–Trinajstić information content (AvgIpc) is 0.897. The van der Waals surface area contributed by atoms with Crippen molar-refractivity contribution in [2.45, 2.75) is 503 Å². The van der Waals surface area contributed by atoms with Crippen LogP contribution in [0.15, 0.2) is 0 Å². The molecule has 0 aromatic carbocycles. The summed E-state index contributed by atoms with van der Waals surface area (Å²) in [5.41, 5.74) is 0. The zero-order valence-corrected chi connectivity index (χ0v) is 74.5. The van der Waals surface area contributed by atoms with E-state index in [1.165, 1.54) is 295 Å². The molecular formula is C91H178O17P2. The average molecular weight is 1610 g/mol. The number of rotatable bonds is 89. The van der Waals surface area contributed by atoms with Crippen molar-refractivity contribution >= 4 is 39.5 Å². The number of aliphatic hydroxyl groups excluding tert-OH is 1. The molecule has 0 rings (SSSR count). The smallest absolute Gasteiger partial charge is 0.462 e. The summed E-state index contributed by atoms with van der Waals surface area (Å²) >= 11 is 0. The van der Waals surface area contributed by atoms with Crippen LogP contribution >= 0.6 is 15.6 Å². The fraction of sp³-hybridized carbons (Fsp3) is 0.956. The maximum absolute atomic E-state index is 13.2. The van der Waals surface area contributed by atoms with E-state index in [0.717, 1.165) is 108 Å². The third-order valence-electron chi connectivity index (χ3n) is 21.4. The summed E-state index contributed by atoms with van der Waals surface area (Å²) in [6.45, 7) is 12.1. The molecule has 5 atom stereocenters. The molecule has 3 N–H and O–H groups in total. The molecule has 0 fully saturated rings. The normalized spacial score (nSPS) is 13.8. The van der Waals surface area contributed by atoms with Crippen molar-refractivity contribution < 1.29 is 80.2 Å². The molecule has 0 aromatic heterocycles. The van der Waals surface area contributed by atoms with Crippen LogP contribution in [0.1, 0.15) is 485 Å². The molecule has 0 amide bonds. The minimum Gasteiger partial charge on any atom is -0.462 e. The van der Waals surface area contributed by atoms with Crippen LogP contribution in [0.3, 0.4) is 0 Å². The standard InChI is InChI=1S/C91H178O17P2/c1-8-9-10-11-12-13-14-15-16-27-33-38-45-53-60-67-74-91(96)108-87(79-102-89(94)73-66-59-52-47-40-43-50-57-64-71-84(6)7)81-106-110(99,100)104-77-85(92)76-103-109(97,98)105-80-86(107-90(95)75-68-61-54-46-39-34-29-24-20-18-22-26-31-36-42-49-56-63-70-83(4)5)78-101-88(93)72-65-58-51-44-37-32-28-23-19-17-21-25-30-35-41-48-55-62-69-82(2)3/h82-87,92H,8-81H2,1-7H3,(H,97,98)(H,99,100)/t85-,86-,87-/m1/s1.